The maximum Gasteiger partial charge on any atom is 0.221 e. The largest absolute Gasteiger partial charge is 0.338 e. The summed E-state index contributed by atoms with van der Waals surface area (Å²) >= 11 is 0. The summed E-state index contributed by atoms with van der Waals surface area (Å²) in [5, 5.41) is 2.98. The summed E-state index contributed by atoms with van der Waals surface area (Å²) in [5.74, 6) is 0.0876. The highest BCUT2D eigenvalue weighted by Gasteiger charge is 2.34. The van der Waals surface area contributed by atoms with E-state index in [0.29, 0.717) is 6.42 Å². The standard InChI is InChI=1S/C24H50N2O/c1-6-7-8-9-10-11-12-13-14-15-16-17-18-19-20-21-22(27)26-24(5,25)23(2,3)4/h6-21,25H2,1-5H3,(H,26,27). The molecule has 0 radical (unpaired) electrons. The summed E-state index contributed by atoms with van der Waals surface area (Å²) in [4.78, 5) is 12.0. The zero-order chi connectivity index (χ0) is 20.6. The minimum atomic E-state index is -0.653. The summed E-state index contributed by atoms with van der Waals surface area (Å²) in [6.07, 6.45) is 20.8. The average molecular weight is 383 g/mol. The third-order valence-corrected chi connectivity index (χ3v) is 5.96. The molecule has 0 saturated heterocycles. The zero-order valence-corrected chi connectivity index (χ0v) is 19.3. The van der Waals surface area contributed by atoms with Gasteiger partial charge >= 0.3 is 0 Å². The van der Waals surface area contributed by atoms with E-state index in [1.807, 2.05) is 6.92 Å². The molecule has 3 nitrogen and oxygen atoms in total. The van der Waals surface area contributed by atoms with Crippen molar-refractivity contribution >= 4 is 5.91 Å². The first-order valence-electron chi connectivity index (χ1n) is 11.8. The fourth-order valence-electron chi connectivity index (χ4n) is 3.20. The second kappa shape index (κ2) is 15.4. The molecule has 0 aromatic heterocycles. The number of carbonyl (C=O) groups is 1. The van der Waals surface area contributed by atoms with E-state index in [0.717, 1.165) is 12.8 Å². The Balaban J connectivity index is 3.37. The molecule has 0 aliphatic carbocycles. The molecule has 27 heavy (non-hydrogen) atoms. The number of hydrogen-bond donors (Lipinski definition) is 2. The molecular formula is C24H50N2O. The van der Waals surface area contributed by atoms with Crippen LogP contribution in [0.3, 0.4) is 0 Å². The van der Waals surface area contributed by atoms with E-state index in [1.165, 1.54) is 83.5 Å². The Kier molecular flexibility index (Phi) is 15.0. The van der Waals surface area contributed by atoms with Crippen molar-refractivity contribution < 1.29 is 4.79 Å². The van der Waals surface area contributed by atoms with Gasteiger partial charge in [0.1, 0.15) is 0 Å². The molecule has 0 aliphatic rings. The first-order valence-corrected chi connectivity index (χ1v) is 11.8. The molecule has 0 spiro atoms. The van der Waals surface area contributed by atoms with Gasteiger partial charge in [0.2, 0.25) is 5.91 Å². The molecule has 0 rings (SSSR count). The molecular weight excluding hydrogens is 332 g/mol. The quantitative estimate of drug-likeness (QED) is 0.208. The average Bonchev–Trinajstić information content (AvgIpc) is 2.57. The highest BCUT2D eigenvalue weighted by molar-refractivity contribution is 5.76. The lowest BCUT2D eigenvalue weighted by Gasteiger charge is -2.39. The van der Waals surface area contributed by atoms with Gasteiger partial charge in [-0.1, -0.05) is 118 Å². The van der Waals surface area contributed by atoms with Crippen molar-refractivity contribution in [2.45, 2.75) is 143 Å². The Bertz CT molecular complexity index is 358. The molecule has 3 N–H and O–H groups in total. The lowest BCUT2D eigenvalue weighted by Crippen LogP contribution is -2.61. The normalized spacial score (nSPS) is 14.1. The van der Waals surface area contributed by atoms with Crippen LogP contribution in [0.15, 0.2) is 0 Å². The third-order valence-electron chi connectivity index (χ3n) is 5.96. The highest BCUT2D eigenvalue weighted by atomic mass is 16.1. The summed E-state index contributed by atoms with van der Waals surface area (Å²) in [6, 6.07) is 0. The maximum atomic E-state index is 12.0. The van der Waals surface area contributed by atoms with Crippen LogP contribution in [-0.4, -0.2) is 11.6 Å². The van der Waals surface area contributed by atoms with Crippen molar-refractivity contribution in [2.24, 2.45) is 11.1 Å². The van der Waals surface area contributed by atoms with Crippen LogP contribution in [0.4, 0.5) is 0 Å². The van der Waals surface area contributed by atoms with E-state index < -0.39 is 5.66 Å². The van der Waals surface area contributed by atoms with Crippen LogP contribution in [0.5, 0.6) is 0 Å². The third kappa shape index (κ3) is 15.1. The van der Waals surface area contributed by atoms with Crippen molar-refractivity contribution in [3.05, 3.63) is 0 Å². The molecule has 1 unspecified atom stereocenters. The molecule has 0 fully saturated rings. The van der Waals surface area contributed by atoms with Gasteiger partial charge in [-0.25, -0.2) is 0 Å². The number of nitrogens with one attached hydrogen (secondary N) is 1. The van der Waals surface area contributed by atoms with Gasteiger partial charge < -0.3 is 11.1 Å². The van der Waals surface area contributed by atoms with Gasteiger partial charge in [-0.05, 0) is 18.8 Å². The molecule has 0 aromatic rings. The second-order valence-electron chi connectivity index (χ2n) is 9.70. The Morgan fingerprint density at radius 2 is 1.00 bits per heavy atom. The molecule has 0 bridgehead atoms. The maximum absolute atomic E-state index is 12.0. The van der Waals surface area contributed by atoms with E-state index in [9.17, 15) is 4.79 Å². The summed E-state index contributed by atoms with van der Waals surface area (Å²) in [5.41, 5.74) is 5.42. The summed E-state index contributed by atoms with van der Waals surface area (Å²) in [7, 11) is 0. The van der Waals surface area contributed by atoms with Gasteiger partial charge in [-0.2, -0.15) is 0 Å². The van der Waals surface area contributed by atoms with Crippen LogP contribution in [0.2, 0.25) is 0 Å². The predicted molar refractivity (Wildman–Crippen MR) is 120 cm³/mol. The molecule has 0 saturated carbocycles. The molecule has 0 aromatic carbocycles. The Hall–Kier alpha value is -0.570. The second-order valence-corrected chi connectivity index (χ2v) is 9.70. The van der Waals surface area contributed by atoms with E-state index >= 15 is 0 Å². The van der Waals surface area contributed by atoms with Crippen LogP contribution in [0.1, 0.15) is 137 Å². The van der Waals surface area contributed by atoms with Crippen molar-refractivity contribution in [3.63, 3.8) is 0 Å². The van der Waals surface area contributed by atoms with Crippen LogP contribution >= 0.6 is 0 Å². The van der Waals surface area contributed by atoms with Crippen LogP contribution in [0.25, 0.3) is 0 Å². The number of hydrogen-bond acceptors (Lipinski definition) is 2. The molecule has 1 atom stereocenters. The van der Waals surface area contributed by atoms with E-state index in [4.69, 9.17) is 5.73 Å². The Morgan fingerprint density at radius 1 is 0.667 bits per heavy atom. The van der Waals surface area contributed by atoms with Crippen molar-refractivity contribution in [1.29, 1.82) is 0 Å². The Labute approximate surface area is 170 Å². The fraction of sp³-hybridized carbons (Fsp3) is 0.958. The topological polar surface area (TPSA) is 55.1 Å². The van der Waals surface area contributed by atoms with E-state index in [-0.39, 0.29) is 11.3 Å². The van der Waals surface area contributed by atoms with Gasteiger partial charge in [-0.3, -0.25) is 4.79 Å². The van der Waals surface area contributed by atoms with Crippen LogP contribution < -0.4 is 11.1 Å². The zero-order valence-electron chi connectivity index (χ0n) is 19.3. The Morgan fingerprint density at radius 3 is 1.33 bits per heavy atom. The molecule has 162 valence electrons. The highest BCUT2D eigenvalue weighted by Crippen LogP contribution is 2.25. The lowest BCUT2D eigenvalue weighted by atomic mass is 9.82. The van der Waals surface area contributed by atoms with Crippen molar-refractivity contribution in [3.8, 4) is 0 Å². The number of rotatable bonds is 17. The van der Waals surface area contributed by atoms with E-state index in [2.05, 4.69) is 33.0 Å². The lowest BCUT2D eigenvalue weighted by molar-refractivity contribution is -0.124. The SMILES string of the molecule is CCCCCCCCCCCCCCCCCC(=O)NC(C)(N)C(C)(C)C. The smallest absolute Gasteiger partial charge is 0.221 e. The van der Waals surface area contributed by atoms with Gasteiger partial charge in [0.05, 0.1) is 5.66 Å². The number of nitrogens with two attached hydrogens (primary N) is 1. The van der Waals surface area contributed by atoms with Gasteiger partial charge in [-0.15, -0.1) is 0 Å². The van der Waals surface area contributed by atoms with Crippen LogP contribution in [-0.2, 0) is 4.79 Å². The fourth-order valence-corrected chi connectivity index (χ4v) is 3.20. The van der Waals surface area contributed by atoms with Crippen molar-refractivity contribution in [1.82, 2.24) is 5.32 Å². The van der Waals surface area contributed by atoms with Crippen LogP contribution in [0, 0.1) is 5.41 Å². The van der Waals surface area contributed by atoms with Gasteiger partial charge in [0.15, 0.2) is 0 Å². The number of carbonyl (C=O) groups excluding carboxylic acids is 1. The minimum absolute atomic E-state index is 0.0876. The first-order chi connectivity index (χ1) is 12.7. The summed E-state index contributed by atoms with van der Waals surface area (Å²) in [6.45, 7) is 10.3. The molecule has 0 aliphatic heterocycles. The monoisotopic (exact) mass is 382 g/mol. The van der Waals surface area contributed by atoms with Crippen molar-refractivity contribution in [2.75, 3.05) is 0 Å². The molecule has 0 heterocycles. The number of unbranched alkanes of at least 4 members (excludes halogenated alkanes) is 14. The predicted octanol–water partition coefficient (Wildman–Crippen LogP) is 7.09. The van der Waals surface area contributed by atoms with E-state index in [1.54, 1.807) is 0 Å². The summed E-state index contributed by atoms with van der Waals surface area (Å²) < 4.78 is 0. The number of amides is 1. The van der Waals surface area contributed by atoms with Gasteiger partial charge in [0, 0.05) is 6.42 Å². The minimum Gasteiger partial charge on any atom is -0.338 e. The van der Waals surface area contributed by atoms with Gasteiger partial charge in [0.25, 0.3) is 0 Å². The molecule has 1 amide bonds. The first kappa shape index (κ1) is 26.4. The molecule has 3 heteroatoms.